The van der Waals surface area contributed by atoms with E-state index < -0.39 is 0 Å². The summed E-state index contributed by atoms with van der Waals surface area (Å²) in [4.78, 5) is 0. The van der Waals surface area contributed by atoms with Gasteiger partial charge in [-0.15, -0.1) is 0 Å². The second kappa shape index (κ2) is 2.91. The Labute approximate surface area is 63.2 Å². The van der Waals surface area contributed by atoms with E-state index >= 15 is 0 Å². The summed E-state index contributed by atoms with van der Waals surface area (Å²) in [6.07, 6.45) is 8.85. The monoisotopic (exact) mass is 139 g/mol. The van der Waals surface area contributed by atoms with Crippen molar-refractivity contribution in [2.45, 2.75) is 44.6 Å². The number of rotatable bonds is 2. The molecule has 1 heteroatoms. The van der Waals surface area contributed by atoms with E-state index in [1.165, 1.54) is 45.1 Å². The molecule has 1 heterocycles. The zero-order valence-corrected chi connectivity index (χ0v) is 6.60. The third kappa shape index (κ3) is 1.34. The standard InChI is InChI=1S/C9H17N/c1-3-8(4-1)7-9-5-2-6-10-9/h8-10H,1-7H2. The summed E-state index contributed by atoms with van der Waals surface area (Å²) < 4.78 is 0. The highest BCUT2D eigenvalue weighted by Gasteiger charge is 2.23. The molecule has 2 fully saturated rings. The fourth-order valence-electron chi connectivity index (χ4n) is 2.09. The lowest BCUT2D eigenvalue weighted by Crippen LogP contribution is -2.26. The molecule has 0 spiro atoms. The first-order chi connectivity index (χ1) is 4.95. The van der Waals surface area contributed by atoms with Crippen molar-refractivity contribution in [3.05, 3.63) is 0 Å². The normalized spacial score (nSPS) is 34.2. The van der Waals surface area contributed by atoms with Crippen molar-refractivity contribution in [3.63, 3.8) is 0 Å². The maximum Gasteiger partial charge on any atom is 0.00701 e. The Hall–Kier alpha value is -0.0400. The van der Waals surface area contributed by atoms with Gasteiger partial charge < -0.3 is 5.32 Å². The second-order valence-corrected chi connectivity index (χ2v) is 3.83. The van der Waals surface area contributed by atoms with Gasteiger partial charge in [-0.3, -0.25) is 0 Å². The molecule has 1 saturated carbocycles. The van der Waals surface area contributed by atoms with Gasteiger partial charge in [0.05, 0.1) is 0 Å². The van der Waals surface area contributed by atoms with Crippen LogP contribution in [0.5, 0.6) is 0 Å². The molecular weight excluding hydrogens is 122 g/mol. The van der Waals surface area contributed by atoms with Gasteiger partial charge in [-0.25, -0.2) is 0 Å². The average Bonchev–Trinajstić information content (AvgIpc) is 2.29. The van der Waals surface area contributed by atoms with Crippen LogP contribution in [-0.4, -0.2) is 12.6 Å². The van der Waals surface area contributed by atoms with Crippen LogP contribution in [-0.2, 0) is 0 Å². The first kappa shape index (κ1) is 6.66. The summed E-state index contributed by atoms with van der Waals surface area (Å²) in [5.74, 6) is 1.09. The van der Waals surface area contributed by atoms with Gasteiger partial charge in [0.1, 0.15) is 0 Å². The number of nitrogens with one attached hydrogen (secondary N) is 1. The van der Waals surface area contributed by atoms with Gasteiger partial charge in [-0.05, 0) is 31.7 Å². The molecule has 1 aliphatic carbocycles. The van der Waals surface area contributed by atoms with Crippen molar-refractivity contribution < 1.29 is 0 Å². The van der Waals surface area contributed by atoms with Gasteiger partial charge in [0.15, 0.2) is 0 Å². The summed E-state index contributed by atoms with van der Waals surface area (Å²) in [6.45, 7) is 1.28. The minimum Gasteiger partial charge on any atom is -0.314 e. The van der Waals surface area contributed by atoms with E-state index in [2.05, 4.69) is 5.32 Å². The summed E-state index contributed by atoms with van der Waals surface area (Å²) in [6, 6.07) is 0.894. The van der Waals surface area contributed by atoms with Crippen molar-refractivity contribution in [1.29, 1.82) is 0 Å². The van der Waals surface area contributed by atoms with Crippen molar-refractivity contribution in [3.8, 4) is 0 Å². The average molecular weight is 139 g/mol. The van der Waals surface area contributed by atoms with Crippen molar-refractivity contribution in [2.24, 2.45) is 5.92 Å². The first-order valence-electron chi connectivity index (χ1n) is 4.68. The van der Waals surface area contributed by atoms with Gasteiger partial charge in [0.2, 0.25) is 0 Å². The summed E-state index contributed by atoms with van der Waals surface area (Å²) in [5, 5.41) is 3.56. The molecule has 0 aromatic rings. The molecule has 1 atom stereocenters. The van der Waals surface area contributed by atoms with Crippen LogP contribution in [0.25, 0.3) is 0 Å². The third-order valence-electron chi connectivity index (χ3n) is 3.00. The lowest BCUT2D eigenvalue weighted by molar-refractivity contribution is 0.268. The van der Waals surface area contributed by atoms with Crippen LogP contribution in [0.4, 0.5) is 0 Å². The van der Waals surface area contributed by atoms with Gasteiger partial charge in [-0.1, -0.05) is 19.3 Å². The summed E-state index contributed by atoms with van der Waals surface area (Å²) >= 11 is 0. The molecule has 2 aliphatic rings. The van der Waals surface area contributed by atoms with E-state index in [9.17, 15) is 0 Å². The first-order valence-corrected chi connectivity index (χ1v) is 4.68. The highest BCUT2D eigenvalue weighted by atomic mass is 14.9. The Morgan fingerprint density at radius 2 is 2.00 bits per heavy atom. The zero-order valence-electron chi connectivity index (χ0n) is 6.60. The van der Waals surface area contributed by atoms with Crippen LogP contribution in [0.1, 0.15) is 38.5 Å². The van der Waals surface area contributed by atoms with E-state index in [1.54, 1.807) is 0 Å². The Morgan fingerprint density at radius 1 is 1.10 bits per heavy atom. The van der Waals surface area contributed by atoms with Crippen molar-refractivity contribution in [1.82, 2.24) is 5.32 Å². The molecule has 1 aliphatic heterocycles. The molecular formula is C9H17N. The van der Waals surface area contributed by atoms with Gasteiger partial charge in [0.25, 0.3) is 0 Å². The Balaban J connectivity index is 1.68. The third-order valence-corrected chi connectivity index (χ3v) is 3.00. The van der Waals surface area contributed by atoms with E-state index in [-0.39, 0.29) is 0 Å². The minimum atomic E-state index is 0.894. The van der Waals surface area contributed by atoms with Crippen LogP contribution in [0.3, 0.4) is 0 Å². The number of hydrogen-bond acceptors (Lipinski definition) is 1. The molecule has 0 radical (unpaired) electrons. The Bertz CT molecular complexity index is 101. The van der Waals surface area contributed by atoms with Crippen LogP contribution >= 0.6 is 0 Å². The van der Waals surface area contributed by atoms with Gasteiger partial charge in [0, 0.05) is 6.04 Å². The molecule has 0 amide bonds. The zero-order chi connectivity index (χ0) is 6.81. The molecule has 10 heavy (non-hydrogen) atoms. The predicted molar refractivity (Wildman–Crippen MR) is 43.0 cm³/mol. The Morgan fingerprint density at radius 3 is 2.50 bits per heavy atom. The van der Waals surface area contributed by atoms with Crippen molar-refractivity contribution >= 4 is 0 Å². The quantitative estimate of drug-likeness (QED) is 0.616. The topological polar surface area (TPSA) is 12.0 Å². The van der Waals surface area contributed by atoms with Crippen molar-refractivity contribution in [2.75, 3.05) is 6.54 Å². The SMILES string of the molecule is C1CC(CC2CCCN2)C1. The van der Waals surface area contributed by atoms with Gasteiger partial charge in [-0.2, -0.15) is 0 Å². The molecule has 1 saturated heterocycles. The highest BCUT2D eigenvalue weighted by Crippen LogP contribution is 2.31. The second-order valence-electron chi connectivity index (χ2n) is 3.83. The fourth-order valence-corrected chi connectivity index (χ4v) is 2.09. The van der Waals surface area contributed by atoms with Crippen LogP contribution < -0.4 is 5.32 Å². The van der Waals surface area contributed by atoms with E-state index in [0.717, 1.165) is 12.0 Å². The van der Waals surface area contributed by atoms with E-state index in [0.29, 0.717) is 0 Å². The molecule has 2 rings (SSSR count). The van der Waals surface area contributed by atoms with E-state index in [1.807, 2.05) is 0 Å². The molecule has 1 N–H and O–H groups in total. The lowest BCUT2D eigenvalue weighted by atomic mass is 9.81. The largest absolute Gasteiger partial charge is 0.314 e. The highest BCUT2D eigenvalue weighted by molar-refractivity contribution is 4.80. The molecule has 0 bridgehead atoms. The fraction of sp³-hybridized carbons (Fsp3) is 1.00. The number of hydrogen-bond donors (Lipinski definition) is 1. The maximum absolute atomic E-state index is 3.56. The Kier molecular flexibility index (Phi) is 1.94. The van der Waals surface area contributed by atoms with Crippen LogP contribution in [0.2, 0.25) is 0 Å². The lowest BCUT2D eigenvalue weighted by Gasteiger charge is -2.27. The molecule has 58 valence electrons. The molecule has 0 aromatic heterocycles. The van der Waals surface area contributed by atoms with Crippen LogP contribution in [0.15, 0.2) is 0 Å². The molecule has 1 nitrogen and oxygen atoms in total. The van der Waals surface area contributed by atoms with E-state index in [4.69, 9.17) is 0 Å². The summed E-state index contributed by atoms with van der Waals surface area (Å²) in [5.41, 5.74) is 0. The smallest absolute Gasteiger partial charge is 0.00701 e. The van der Waals surface area contributed by atoms with Crippen LogP contribution in [0, 0.1) is 5.92 Å². The minimum absolute atomic E-state index is 0.894. The predicted octanol–water partition coefficient (Wildman–Crippen LogP) is 1.93. The van der Waals surface area contributed by atoms with Gasteiger partial charge >= 0.3 is 0 Å². The molecule has 0 aromatic carbocycles. The summed E-state index contributed by atoms with van der Waals surface area (Å²) in [7, 11) is 0. The molecule has 1 unspecified atom stereocenters. The maximum atomic E-state index is 3.56.